The Hall–Kier alpha value is -3.68. The topological polar surface area (TPSA) is 101 Å². The zero-order valence-electron chi connectivity index (χ0n) is 15.8. The summed E-state index contributed by atoms with van der Waals surface area (Å²) in [5, 5.41) is 6.79. The molecule has 3 N–H and O–H groups in total. The average Bonchev–Trinajstić information content (AvgIpc) is 3.22. The number of pyridine rings is 1. The number of benzene rings is 1. The second kappa shape index (κ2) is 9.69. The molecule has 0 bridgehead atoms. The number of aryl methyl sites for hydroxylation is 1. The molecule has 0 radical (unpaired) electrons. The smallest absolute Gasteiger partial charge is 0.295 e. The highest BCUT2D eigenvalue weighted by Crippen LogP contribution is 2.17. The van der Waals surface area contributed by atoms with E-state index in [1.807, 2.05) is 5.92 Å². The number of carbonyl (C=O) groups is 2. The summed E-state index contributed by atoms with van der Waals surface area (Å²) < 4.78 is 15.2. The van der Waals surface area contributed by atoms with E-state index in [2.05, 4.69) is 25.7 Å². The molecule has 10 heteroatoms. The molecule has 0 aliphatic carbocycles. The van der Waals surface area contributed by atoms with Crippen molar-refractivity contribution in [1.29, 1.82) is 0 Å². The zero-order chi connectivity index (χ0) is 21.5. The van der Waals surface area contributed by atoms with Gasteiger partial charge in [0.2, 0.25) is 0 Å². The van der Waals surface area contributed by atoms with E-state index >= 15 is 0 Å². The number of halogens is 1. The molecular weight excluding hydrogens is 407 g/mol. The van der Waals surface area contributed by atoms with E-state index in [-0.39, 0.29) is 12.2 Å². The molecule has 0 fully saturated rings. The minimum atomic E-state index is -0.512. The Morgan fingerprint density at radius 3 is 2.87 bits per heavy atom. The van der Waals surface area contributed by atoms with Gasteiger partial charge in [-0.2, -0.15) is 9.93 Å². The molecule has 0 unspecified atom stereocenters. The lowest BCUT2D eigenvalue weighted by Crippen LogP contribution is -2.33. The van der Waals surface area contributed by atoms with Crippen molar-refractivity contribution in [3.05, 3.63) is 71.6 Å². The first-order valence-electron chi connectivity index (χ1n) is 8.70. The summed E-state index contributed by atoms with van der Waals surface area (Å²) in [6.45, 7) is 1.98. The number of terminal acetylenes is 1. The fourth-order valence-electron chi connectivity index (χ4n) is 2.44. The Labute approximate surface area is 176 Å². The fraction of sp³-hybridized carbons (Fsp3) is 0.100. The molecule has 2 heterocycles. The third-order valence-electron chi connectivity index (χ3n) is 3.82. The maximum Gasteiger partial charge on any atom is 0.295 e. The molecule has 8 nitrogen and oxygen atoms in total. The van der Waals surface area contributed by atoms with Crippen molar-refractivity contribution in [3.8, 4) is 18.0 Å². The van der Waals surface area contributed by atoms with E-state index in [9.17, 15) is 14.0 Å². The molecule has 0 spiro atoms. The summed E-state index contributed by atoms with van der Waals surface area (Å²) in [5.74, 6) is 0.577. The number of hydrazine groups is 1. The van der Waals surface area contributed by atoms with Gasteiger partial charge in [0.25, 0.3) is 11.8 Å². The van der Waals surface area contributed by atoms with Gasteiger partial charge in [0.05, 0.1) is 16.8 Å². The highest BCUT2D eigenvalue weighted by Gasteiger charge is 2.12. The van der Waals surface area contributed by atoms with Crippen LogP contribution in [-0.4, -0.2) is 26.6 Å². The molecule has 3 rings (SSSR count). The van der Waals surface area contributed by atoms with Gasteiger partial charge < -0.3 is 5.32 Å². The summed E-state index contributed by atoms with van der Waals surface area (Å²) in [6, 6.07) is 9.52. The lowest BCUT2D eigenvalue weighted by atomic mass is 10.2. The molecule has 152 valence electrons. The van der Waals surface area contributed by atoms with Crippen LogP contribution >= 0.6 is 11.9 Å². The van der Waals surface area contributed by atoms with Crippen LogP contribution in [0.4, 0.5) is 4.39 Å². The van der Waals surface area contributed by atoms with E-state index in [1.54, 1.807) is 54.3 Å². The zero-order valence-corrected chi connectivity index (χ0v) is 16.7. The van der Waals surface area contributed by atoms with Gasteiger partial charge in [0.15, 0.2) is 0 Å². The van der Waals surface area contributed by atoms with Crippen LogP contribution in [-0.2, 0) is 11.3 Å². The van der Waals surface area contributed by atoms with Gasteiger partial charge in [0, 0.05) is 24.0 Å². The Morgan fingerprint density at radius 1 is 1.30 bits per heavy atom. The van der Waals surface area contributed by atoms with E-state index in [0.717, 1.165) is 17.5 Å². The number of amides is 2. The van der Waals surface area contributed by atoms with Crippen LogP contribution in [0, 0.1) is 25.1 Å². The number of rotatable bonds is 7. The molecule has 3 aromatic rings. The molecule has 0 atom stereocenters. The van der Waals surface area contributed by atoms with E-state index in [0.29, 0.717) is 16.3 Å². The maximum atomic E-state index is 13.6. The van der Waals surface area contributed by atoms with Crippen molar-refractivity contribution < 1.29 is 14.0 Å². The molecule has 2 amide bonds. The van der Waals surface area contributed by atoms with Crippen LogP contribution in [0.1, 0.15) is 21.7 Å². The van der Waals surface area contributed by atoms with Crippen LogP contribution in [0.15, 0.2) is 53.7 Å². The summed E-state index contributed by atoms with van der Waals surface area (Å²) >= 11 is 0.937. The average molecular weight is 424 g/mol. The highest BCUT2D eigenvalue weighted by atomic mass is 32.2. The summed E-state index contributed by atoms with van der Waals surface area (Å²) in [5.41, 5.74) is 4.59. The molecule has 30 heavy (non-hydrogen) atoms. The Bertz CT molecular complexity index is 1120. The second-order valence-corrected chi connectivity index (χ2v) is 6.91. The number of carbonyl (C=O) groups excluding carboxylic acids is 2. The molecule has 0 aliphatic heterocycles. The van der Waals surface area contributed by atoms with Crippen molar-refractivity contribution in [2.45, 2.75) is 18.4 Å². The third-order valence-corrected chi connectivity index (χ3v) is 4.57. The summed E-state index contributed by atoms with van der Waals surface area (Å²) in [6.07, 6.45) is 8.31. The molecule has 0 aliphatic rings. The Balaban J connectivity index is 1.67. The highest BCUT2D eigenvalue weighted by molar-refractivity contribution is 7.97. The standard InChI is InChI=1S/C20H17FN6O2S/c1-3-19(28)22-10-14-11-23-27(12-14)15-8-13(2)24-17(9-15)20(29)25-26-30-18-7-5-4-6-16(18)21/h1,4-9,11-12,26H,10H2,2H3,(H,22,28)(H,25,29). The van der Waals surface area contributed by atoms with Crippen molar-refractivity contribution in [1.82, 2.24) is 30.3 Å². The number of aromatic nitrogens is 3. The molecule has 0 saturated heterocycles. The van der Waals surface area contributed by atoms with Gasteiger partial charge in [-0.1, -0.05) is 12.1 Å². The van der Waals surface area contributed by atoms with Gasteiger partial charge in [-0.3, -0.25) is 15.0 Å². The molecule has 2 aromatic heterocycles. The Morgan fingerprint density at radius 2 is 2.10 bits per heavy atom. The van der Waals surface area contributed by atoms with Crippen molar-refractivity contribution in [2.75, 3.05) is 0 Å². The van der Waals surface area contributed by atoms with Crippen molar-refractivity contribution in [2.24, 2.45) is 0 Å². The SMILES string of the molecule is C#CC(=O)NCc1cnn(-c2cc(C)nc(C(=O)NNSc3ccccc3F)c2)c1. The van der Waals surface area contributed by atoms with E-state index in [4.69, 9.17) is 6.42 Å². The first kappa shape index (κ1) is 21.0. The van der Waals surface area contributed by atoms with Gasteiger partial charge >= 0.3 is 0 Å². The van der Waals surface area contributed by atoms with Gasteiger partial charge in [0.1, 0.15) is 11.5 Å². The normalized spacial score (nSPS) is 10.3. The minimum Gasteiger partial charge on any atom is -0.341 e. The number of hydrogen-bond donors (Lipinski definition) is 3. The predicted octanol–water partition coefficient (Wildman–Crippen LogP) is 1.91. The lowest BCUT2D eigenvalue weighted by Gasteiger charge is -2.09. The fourth-order valence-corrected chi connectivity index (χ4v) is 3.01. The predicted molar refractivity (Wildman–Crippen MR) is 110 cm³/mol. The molecular formula is C20H17FN6O2S. The van der Waals surface area contributed by atoms with Gasteiger partial charge in [-0.15, -0.1) is 6.42 Å². The molecule has 0 saturated carbocycles. The number of nitrogens with one attached hydrogen (secondary N) is 3. The van der Waals surface area contributed by atoms with Crippen LogP contribution in [0.2, 0.25) is 0 Å². The van der Waals surface area contributed by atoms with E-state index < -0.39 is 17.6 Å². The van der Waals surface area contributed by atoms with Crippen molar-refractivity contribution >= 4 is 23.8 Å². The van der Waals surface area contributed by atoms with Crippen LogP contribution in [0.5, 0.6) is 0 Å². The molecule has 1 aromatic carbocycles. The number of nitrogens with zero attached hydrogens (tertiary/aromatic N) is 3. The number of hydrogen-bond acceptors (Lipinski definition) is 6. The lowest BCUT2D eigenvalue weighted by molar-refractivity contribution is -0.115. The summed E-state index contributed by atoms with van der Waals surface area (Å²) in [7, 11) is 0. The van der Waals surface area contributed by atoms with Crippen LogP contribution in [0.3, 0.4) is 0 Å². The van der Waals surface area contributed by atoms with Crippen LogP contribution in [0.25, 0.3) is 5.69 Å². The third kappa shape index (κ3) is 5.44. The first-order valence-corrected chi connectivity index (χ1v) is 9.51. The summed E-state index contributed by atoms with van der Waals surface area (Å²) in [4.78, 5) is 30.8. The minimum absolute atomic E-state index is 0.157. The first-order chi connectivity index (χ1) is 14.5. The van der Waals surface area contributed by atoms with Crippen molar-refractivity contribution in [3.63, 3.8) is 0 Å². The maximum absolute atomic E-state index is 13.6. The monoisotopic (exact) mass is 424 g/mol. The van der Waals surface area contributed by atoms with Gasteiger partial charge in [-0.05, 0) is 49.1 Å². The second-order valence-electron chi connectivity index (χ2n) is 6.06. The van der Waals surface area contributed by atoms with E-state index in [1.165, 1.54) is 6.07 Å². The van der Waals surface area contributed by atoms with Crippen LogP contribution < -0.4 is 15.6 Å². The quantitative estimate of drug-likeness (QED) is 0.304. The van der Waals surface area contributed by atoms with Gasteiger partial charge in [-0.25, -0.2) is 14.1 Å². The Kier molecular flexibility index (Phi) is 6.79. The largest absolute Gasteiger partial charge is 0.341 e.